The van der Waals surface area contributed by atoms with Gasteiger partial charge in [0.05, 0.1) is 12.0 Å². The predicted molar refractivity (Wildman–Crippen MR) is 112 cm³/mol. The van der Waals surface area contributed by atoms with Crippen LogP contribution >= 0.6 is 15.9 Å². The van der Waals surface area contributed by atoms with E-state index in [1.54, 1.807) is 42.5 Å². The van der Waals surface area contributed by atoms with Gasteiger partial charge in [0.2, 0.25) is 0 Å². The summed E-state index contributed by atoms with van der Waals surface area (Å²) in [6.45, 7) is 2.33. The van der Waals surface area contributed by atoms with Crippen molar-refractivity contribution in [2.24, 2.45) is 0 Å². The first kappa shape index (κ1) is 20.4. The van der Waals surface area contributed by atoms with Crippen molar-refractivity contribution >= 4 is 39.2 Å². The fraction of sp³-hybridized carbons (Fsp3) is 0.100. The number of aromatic amines is 1. The summed E-state index contributed by atoms with van der Waals surface area (Å²) in [4.78, 5) is 44.4. The van der Waals surface area contributed by atoms with Crippen LogP contribution in [0.5, 0.6) is 0 Å². The molecule has 2 amide bonds. The monoisotopic (exact) mass is 455 g/mol. The number of carbonyl (C=O) groups excluding carboxylic acids is 3. The summed E-state index contributed by atoms with van der Waals surface area (Å²) in [6, 6.07) is 13.7. The van der Waals surface area contributed by atoms with Crippen molar-refractivity contribution in [3.8, 4) is 0 Å². The Morgan fingerprint density at radius 3 is 2.55 bits per heavy atom. The largest absolute Gasteiger partial charge is 0.340 e. The van der Waals surface area contributed by atoms with E-state index in [0.29, 0.717) is 27.8 Å². The number of imidazole rings is 1. The number of nitrogens with one attached hydrogen (secondary N) is 4. The van der Waals surface area contributed by atoms with Gasteiger partial charge in [0.15, 0.2) is 11.5 Å². The van der Waals surface area contributed by atoms with Crippen molar-refractivity contribution in [3.05, 3.63) is 81.8 Å². The van der Waals surface area contributed by atoms with Crippen molar-refractivity contribution < 1.29 is 14.4 Å². The summed E-state index contributed by atoms with van der Waals surface area (Å²) in [5.41, 5.74) is 6.16. The highest BCUT2D eigenvalue weighted by Crippen LogP contribution is 2.24. The number of aromatic nitrogens is 2. The highest BCUT2D eigenvalue weighted by atomic mass is 79.9. The number of amides is 2. The van der Waals surface area contributed by atoms with E-state index in [9.17, 15) is 14.4 Å². The number of H-pyrrole nitrogens is 1. The van der Waals surface area contributed by atoms with E-state index in [2.05, 4.69) is 42.1 Å². The van der Waals surface area contributed by atoms with Crippen LogP contribution < -0.4 is 16.2 Å². The van der Waals surface area contributed by atoms with Gasteiger partial charge < -0.3 is 10.3 Å². The fourth-order valence-electron chi connectivity index (χ4n) is 2.61. The molecule has 148 valence electrons. The Morgan fingerprint density at radius 1 is 1.07 bits per heavy atom. The third-order valence-corrected chi connectivity index (χ3v) is 4.46. The molecule has 0 bridgehead atoms. The number of rotatable bonds is 7. The van der Waals surface area contributed by atoms with Crippen LogP contribution in [0.1, 0.15) is 43.8 Å². The molecule has 29 heavy (non-hydrogen) atoms. The molecule has 3 rings (SSSR count). The normalized spacial score (nSPS) is 10.4. The van der Waals surface area contributed by atoms with E-state index in [4.69, 9.17) is 0 Å². The first-order valence-electron chi connectivity index (χ1n) is 8.78. The van der Waals surface area contributed by atoms with Crippen LogP contribution in [0.15, 0.2) is 59.3 Å². The Kier molecular flexibility index (Phi) is 6.53. The molecule has 0 saturated carbocycles. The van der Waals surface area contributed by atoms with Gasteiger partial charge in [0.25, 0.3) is 11.8 Å². The van der Waals surface area contributed by atoms with Gasteiger partial charge in [-0.2, -0.15) is 0 Å². The fourth-order valence-corrected chi connectivity index (χ4v) is 2.97. The summed E-state index contributed by atoms with van der Waals surface area (Å²) in [6.07, 6.45) is 1.26. The second kappa shape index (κ2) is 9.26. The lowest BCUT2D eigenvalue weighted by Gasteiger charge is -2.11. The van der Waals surface area contributed by atoms with Crippen LogP contribution in [0, 0.1) is 0 Å². The number of hydrogen-bond acceptors (Lipinski definition) is 5. The van der Waals surface area contributed by atoms with Gasteiger partial charge in [0.1, 0.15) is 5.69 Å². The highest BCUT2D eigenvalue weighted by Gasteiger charge is 2.22. The molecule has 0 saturated heterocycles. The van der Waals surface area contributed by atoms with Gasteiger partial charge in [-0.3, -0.25) is 19.8 Å². The molecular formula is C20H18BrN5O3. The summed E-state index contributed by atoms with van der Waals surface area (Å²) in [7, 11) is 0. The molecule has 4 N–H and O–H groups in total. The molecule has 8 nitrogen and oxygen atoms in total. The lowest BCUT2D eigenvalue weighted by Crippen LogP contribution is -2.38. The number of hydrogen-bond donors (Lipinski definition) is 4. The van der Waals surface area contributed by atoms with Gasteiger partial charge in [-0.05, 0) is 18.2 Å². The van der Waals surface area contributed by atoms with Crippen LogP contribution in [0.2, 0.25) is 0 Å². The average Bonchev–Trinajstić information content (AvgIpc) is 3.23. The summed E-state index contributed by atoms with van der Waals surface area (Å²) < 4.78 is 0.696. The summed E-state index contributed by atoms with van der Waals surface area (Å²) in [5, 5.41) is 2.69. The Bertz CT molecular complexity index is 1050. The minimum absolute atomic E-state index is 0.0126. The number of nitrogens with zero attached hydrogens (tertiary/aromatic N) is 1. The van der Waals surface area contributed by atoms with Gasteiger partial charge in [-0.15, -0.1) is 0 Å². The maximum Gasteiger partial charge on any atom is 0.286 e. The third kappa shape index (κ3) is 4.76. The van der Waals surface area contributed by atoms with Crippen LogP contribution in [0.3, 0.4) is 0 Å². The molecule has 0 aliphatic heterocycles. The molecule has 3 aromatic rings. The highest BCUT2D eigenvalue weighted by molar-refractivity contribution is 9.10. The first-order chi connectivity index (χ1) is 14.0. The van der Waals surface area contributed by atoms with E-state index in [1.165, 1.54) is 6.33 Å². The van der Waals surface area contributed by atoms with Gasteiger partial charge in [-0.25, -0.2) is 10.4 Å². The van der Waals surface area contributed by atoms with E-state index >= 15 is 0 Å². The standard InChI is InChI=1S/C20H18BrN5O3/c1-2-24-26-20(29)17-16(22-11-23-17)19(28)25-15-9-8-13(21)10-14(15)18(27)12-6-4-3-5-7-12/h3-11,24H,2H2,1H3,(H,22,23)(H,25,28)(H,26,29). The summed E-state index contributed by atoms with van der Waals surface area (Å²) >= 11 is 3.36. The smallest absolute Gasteiger partial charge is 0.286 e. The first-order valence-corrected chi connectivity index (χ1v) is 9.57. The van der Waals surface area contributed by atoms with Crippen LogP contribution in [-0.4, -0.2) is 34.1 Å². The average molecular weight is 456 g/mol. The van der Waals surface area contributed by atoms with E-state index in [-0.39, 0.29) is 17.2 Å². The molecule has 9 heteroatoms. The van der Waals surface area contributed by atoms with Crippen molar-refractivity contribution in [1.82, 2.24) is 20.8 Å². The molecule has 0 atom stereocenters. The topological polar surface area (TPSA) is 116 Å². The van der Waals surface area contributed by atoms with Crippen molar-refractivity contribution in [2.45, 2.75) is 6.92 Å². The predicted octanol–water partition coefficient (Wildman–Crippen LogP) is 2.91. The zero-order valence-corrected chi connectivity index (χ0v) is 17.0. The minimum atomic E-state index is -0.589. The van der Waals surface area contributed by atoms with Crippen LogP contribution in [-0.2, 0) is 0 Å². The van der Waals surface area contributed by atoms with Gasteiger partial charge in [0, 0.05) is 22.1 Å². The molecule has 1 heterocycles. The zero-order chi connectivity index (χ0) is 20.8. The Hall–Kier alpha value is -3.30. The molecule has 1 aromatic heterocycles. The lowest BCUT2D eigenvalue weighted by atomic mass is 10.0. The quantitative estimate of drug-likeness (QED) is 0.322. The maximum atomic E-state index is 12.9. The third-order valence-electron chi connectivity index (χ3n) is 3.97. The molecular weight excluding hydrogens is 438 g/mol. The van der Waals surface area contributed by atoms with Crippen molar-refractivity contribution in [2.75, 3.05) is 11.9 Å². The van der Waals surface area contributed by atoms with Crippen LogP contribution in [0.25, 0.3) is 0 Å². The molecule has 0 aliphatic carbocycles. The number of carbonyl (C=O) groups is 3. The summed E-state index contributed by atoms with van der Waals surface area (Å²) in [5.74, 6) is -1.37. The zero-order valence-electron chi connectivity index (χ0n) is 15.5. The van der Waals surface area contributed by atoms with Gasteiger partial charge in [-0.1, -0.05) is 53.2 Å². The number of ketones is 1. The lowest BCUT2D eigenvalue weighted by molar-refractivity contribution is 0.0917. The second-order valence-corrected chi connectivity index (χ2v) is 6.87. The Labute approximate surface area is 175 Å². The molecule has 0 spiro atoms. The van der Waals surface area contributed by atoms with Crippen molar-refractivity contribution in [1.29, 1.82) is 0 Å². The van der Waals surface area contributed by atoms with E-state index < -0.39 is 11.8 Å². The number of halogens is 1. The molecule has 0 fully saturated rings. The van der Waals surface area contributed by atoms with Gasteiger partial charge >= 0.3 is 0 Å². The molecule has 0 aliphatic rings. The molecule has 0 unspecified atom stereocenters. The Balaban J connectivity index is 1.88. The maximum absolute atomic E-state index is 12.9. The SMILES string of the molecule is CCNNC(=O)c1nc[nH]c1C(=O)Nc1ccc(Br)cc1C(=O)c1ccccc1. The Morgan fingerprint density at radius 2 is 1.83 bits per heavy atom. The number of anilines is 1. The minimum Gasteiger partial charge on any atom is -0.340 e. The van der Waals surface area contributed by atoms with E-state index in [0.717, 1.165) is 0 Å². The van der Waals surface area contributed by atoms with Crippen molar-refractivity contribution in [3.63, 3.8) is 0 Å². The molecule has 2 aromatic carbocycles. The number of hydrazine groups is 1. The second-order valence-electron chi connectivity index (χ2n) is 5.95. The molecule has 0 radical (unpaired) electrons. The van der Waals surface area contributed by atoms with Crippen LogP contribution in [0.4, 0.5) is 5.69 Å². The number of benzene rings is 2. The van der Waals surface area contributed by atoms with E-state index in [1.807, 2.05) is 13.0 Å².